The van der Waals surface area contributed by atoms with Gasteiger partial charge in [-0.05, 0) is 62.2 Å². The van der Waals surface area contributed by atoms with Crippen LogP contribution in [0.1, 0.15) is 34.1 Å². The first-order chi connectivity index (χ1) is 20.8. The number of hydrogen-bond acceptors (Lipinski definition) is 9. The number of nitrogens with zero attached hydrogens (tertiary/aromatic N) is 3. The zero-order chi connectivity index (χ0) is 29.9. The van der Waals surface area contributed by atoms with E-state index in [9.17, 15) is 9.59 Å². The molecule has 6 rings (SSSR count). The number of aromatic nitrogens is 2. The minimum Gasteiger partial charge on any atom is -0.454 e. The summed E-state index contributed by atoms with van der Waals surface area (Å²) in [6.45, 7) is 6.18. The van der Waals surface area contributed by atoms with Crippen molar-refractivity contribution in [2.75, 3.05) is 24.7 Å². The summed E-state index contributed by atoms with van der Waals surface area (Å²) in [4.78, 5) is 38.8. The molecule has 0 saturated carbocycles. The fourth-order valence-electron chi connectivity index (χ4n) is 4.92. The van der Waals surface area contributed by atoms with Crippen LogP contribution in [0.2, 0.25) is 0 Å². The molecule has 0 spiro atoms. The topological polar surface area (TPSA) is 112 Å². The average Bonchev–Trinajstić information content (AvgIpc) is 3.65. The molecule has 220 valence electrons. The number of rotatable bonds is 9. The summed E-state index contributed by atoms with van der Waals surface area (Å²) in [7, 11) is 0. The minimum atomic E-state index is -1.01. The number of carbonyl (C=O) groups excluding carboxylic acids is 2. The molecule has 4 aromatic rings. The molecule has 10 nitrogen and oxygen atoms in total. The normalized spacial score (nSPS) is 13.5. The van der Waals surface area contributed by atoms with E-state index in [1.54, 1.807) is 41.3 Å². The van der Waals surface area contributed by atoms with Crippen LogP contribution in [0.25, 0.3) is 0 Å². The fraction of sp³-hybridized carbons (Fsp3) is 0.250. The highest BCUT2D eigenvalue weighted by Gasteiger charge is 2.33. The third-order valence-corrected chi connectivity index (χ3v) is 7.82. The summed E-state index contributed by atoms with van der Waals surface area (Å²) < 4.78 is 22.0. The molecular weight excluding hydrogens is 568 g/mol. The number of ether oxygens (including phenoxy) is 4. The minimum absolute atomic E-state index is 0.0348. The first-order valence-corrected chi connectivity index (χ1v) is 14.7. The Bertz CT molecular complexity index is 1660. The molecule has 3 heterocycles. The highest BCUT2D eigenvalue weighted by atomic mass is 32.2. The van der Waals surface area contributed by atoms with Gasteiger partial charge < -0.3 is 29.2 Å². The molecule has 1 N–H and O–H groups in total. The van der Waals surface area contributed by atoms with Crippen molar-refractivity contribution in [3.05, 3.63) is 94.8 Å². The standard InChI is InChI=1S/C32H30N4O6S/c1-19-4-6-22(7-5-19)15-36(29(37)16-43-32-33-20(2)12-21(3)34-32)30(23-8-10-25-27(13-23)41-17-39-25)31(38)35-24-9-11-26-28(14-24)42-18-40-26/h4-14,30H,15-18H2,1-3H3,(H,35,38). The summed E-state index contributed by atoms with van der Waals surface area (Å²) >= 11 is 1.24. The Kier molecular flexibility index (Phi) is 8.06. The van der Waals surface area contributed by atoms with Gasteiger partial charge in [0, 0.05) is 29.7 Å². The molecule has 3 aromatic carbocycles. The molecule has 0 fully saturated rings. The van der Waals surface area contributed by atoms with E-state index < -0.39 is 11.9 Å². The van der Waals surface area contributed by atoms with Crippen LogP contribution in [0.4, 0.5) is 5.69 Å². The Hall–Kier alpha value is -4.77. The summed E-state index contributed by atoms with van der Waals surface area (Å²) in [5.74, 6) is 1.62. The molecule has 0 saturated heterocycles. The van der Waals surface area contributed by atoms with E-state index in [1.165, 1.54) is 11.8 Å². The maximum Gasteiger partial charge on any atom is 0.251 e. The zero-order valence-electron chi connectivity index (χ0n) is 24.0. The maximum atomic E-state index is 14.2. The number of amides is 2. The van der Waals surface area contributed by atoms with Crippen LogP contribution in [0.15, 0.2) is 71.9 Å². The number of aryl methyl sites for hydroxylation is 3. The lowest BCUT2D eigenvalue weighted by molar-refractivity contribution is -0.137. The van der Waals surface area contributed by atoms with Crippen molar-refractivity contribution in [1.29, 1.82) is 0 Å². The zero-order valence-corrected chi connectivity index (χ0v) is 24.8. The fourth-order valence-corrected chi connectivity index (χ4v) is 5.76. The van der Waals surface area contributed by atoms with E-state index in [1.807, 2.05) is 51.1 Å². The highest BCUT2D eigenvalue weighted by molar-refractivity contribution is 7.99. The lowest BCUT2D eigenvalue weighted by Crippen LogP contribution is -2.41. The quantitative estimate of drug-likeness (QED) is 0.201. The van der Waals surface area contributed by atoms with Gasteiger partial charge in [0.1, 0.15) is 6.04 Å². The molecule has 1 aromatic heterocycles. The van der Waals surface area contributed by atoms with E-state index >= 15 is 0 Å². The van der Waals surface area contributed by atoms with E-state index in [4.69, 9.17) is 18.9 Å². The Morgan fingerprint density at radius 1 is 0.814 bits per heavy atom. The summed E-state index contributed by atoms with van der Waals surface area (Å²) in [6.07, 6.45) is 0. The Labute approximate surface area is 253 Å². The summed E-state index contributed by atoms with van der Waals surface area (Å²) in [5.41, 5.74) is 4.71. The second-order valence-corrected chi connectivity index (χ2v) is 11.2. The first-order valence-electron chi connectivity index (χ1n) is 13.7. The van der Waals surface area contributed by atoms with Crippen molar-refractivity contribution in [1.82, 2.24) is 14.9 Å². The second-order valence-electron chi connectivity index (χ2n) is 10.3. The maximum absolute atomic E-state index is 14.2. The van der Waals surface area contributed by atoms with Crippen LogP contribution in [-0.4, -0.2) is 46.0 Å². The van der Waals surface area contributed by atoms with Crippen molar-refractivity contribution in [3.8, 4) is 23.0 Å². The molecule has 2 aliphatic heterocycles. The highest BCUT2D eigenvalue weighted by Crippen LogP contribution is 2.38. The number of hydrogen-bond donors (Lipinski definition) is 1. The molecule has 2 amide bonds. The van der Waals surface area contributed by atoms with Gasteiger partial charge in [0.25, 0.3) is 5.91 Å². The molecule has 1 atom stereocenters. The Morgan fingerprint density at radius 2 is 1.44 bits per heavy atom. The first kappa shape index (κ1) is 28.4. The van der Waals surface area contributed by atoms with Gasteiger partial charge in [-0.25, -0.2) is 9.97 Å². The van der Waals surface area contributed by atoms with Gasteiger partial charge in [-0.1, -0.05) is 47.7 Å². The van der Waals surface area contributed by atoms with Crippen LogP contribution >= 0.6 is 11.8 Å². The van der Waals surface area contributed by atoms with Gasteiger partial charge >= 0.3 is 0 Å². The Morgan fingerprint density at radius 3 is 2.14 bits per heavy atom. The molecule has 11 heteroatoms. The Balaban J connectivity index is 1.36. The number of carbonyl (C=O) groups is 2. The smallest absolute Gasteiger partial charge is 0.251 e. The monoisotopic (exact) mass is 598 g/mol. The number of anilines is 1. The van der Waals surface area contributed by atoms with E-state index in [0.29, 0.717) is 39.4 Å². The van der Waals surface area contributed by atoms with Gasteiger partial charge in [-0.15, -0.1) is 0 Å². The molecular formula is C32H30N4O6S. The predicted molar refractivity (Wildman–Crippen MR) is 160 cm³/mol. The third kappa shape index (κ3) is 6.51. The van der Waals surface area contributed by atoms with Crippen molar-refractivity contribution in [3.63, 3.8) is 0 Å². The van der Waals surface area contributed by atoms with Crippen molar-refractivity contribution < 1.29 is 28.5 Å². The van der Waals surface area contributed by atoms with Crippen molar-refractivity contribution in [2.24, 2.45) is 0 Å². The van der Waals surface area contributed by atoms with E-state index in [2.05, 4.69) is 15.3 Å². The van der Waals surface area contributed by atoms with Gasteiger partial charge in [0.2, 0.25) is 19.5 Å². The number of fused-ring (bicyclic) bond motifs is 2. The average molecular weight is 599 g/mol. The number of thioether (sulfide) groups is 1. The van der Waals surface area contributed by atoms with Gasteiger partial charge in [0.05, 0.1) is 5.75 Å². The lowest BCUT2D eigenvalue weighted by Gasteiger charge is -2.31. The van der Waals surface area contributed by atoms with Crippen LogP contribution in [0, 0.1) is 20.8 Å². The van der Waals surface area contributed by atoms with Crippen molar-refractivity contribution in [2.45, 2.75) is 38.5 Å². The molecule has 1 unspecified atom stereocenters. The van der Waals surface area contributed by atoms with Crippen LogP contribution in [0.3, 0.4) is 0 Å². The van der Waals surface area contributed by atoms with E-state index in [-0.39, 0.29) is 31.8 Å². The van der Waals surface area contributed by atoms with Gasteiger partial charge in [0.15, 0.2) is 28.2 Å². The van der Waals surface area contributed by atoms with Gasteiger partial charge in [-0.2, -0.15) is 0 Å². The molecule has 43 heavy (non-hydrogen) atoms. The summed E-state index contributed by atoms with van der Waals surface area (Å²) in [6, 6.07) is 19.2. The van der Waals surface area contributed by atoms with Crippen LogP contribution < -0.4 is 24.3 Å². The molecule has 2 aliphatic rings. The largest absolute Gasteiger partial charge is 0.454 e. The summed E-state index contributed by atoms with van der Waals surface area (Å²) in [5, 5.41) is 3.49. The van der Waals surface area contributed by atoms with E-state index in [0.717, 1.165) is 22.5 Å². The molecule has 0 bridgehead atoms. The molecule has 0 aliphatic carbocycles. The predicted octanol–water partition coefficient (Wildman–Crippen LogP) is 5.36. The number of benzene rings is 3. The lowest BCUT2D eigenvalue weighted by atomic mass is 10.0. The molecule has 0 radical (unpaired) electrons. The van der Waals surface area contributed by atoms with Crippen LogP contribution in [-0.2, 0) is 16.1 Å². The van der Waals surface area contributed by atoms with Crippen molar-refractivity contribution >= 4 is 29.3 Å². The van der Waals surface area contributed by atoms with Crippen LogP contribution in [0.5, 0.6) is 23.0 Å². The van der Waals surface area contributed by atoms with Gasteiger partial charge in [-0.3, -0.25) is 9.59 Å². The SMILES string of the molecule is Cc1ccc(CN(C(=O)CSc2nc(C)cc(C)n2)C(C(=O)Nc2ccc3c(c2)OCO3)c2ccc3c(c2)OCO3)cc1. The third-order valence-electron chi connectivity index (χ3n) is 6.99. The second kappa shape index (κ2) is 12.2. The number of nitrogens with one attached hydrogen (secondary N) is 1.